The van der Waals surface area contributed by atoms with Crippen LogP contribution in [0.2, 0.25) is 0 Å². The van der Waals surface area contributed by atoms with Crippen molar-refractivity contribution in [1.82, 2.24) is 15.6 Å². The Bertz CT molecular complexity index is 861. The summed E-state index contributed by atoms with van der Waals surface area (Å²) in [6.07, 6.45) is 2.65. The largest absolute Gasteiger partial charge is 0.433 e. The van der Waals surface area contributed by atoms with Crippen LogP contribution in [0.4, 0.5) is 20.3 Å². The molecule has 2 aromatic rings. The van der Waals surface area contributed by atoms with Gasteiger partial charge in [0.15, 0.2) is 5.96 Å². The first-order valence-electron chi connectivity index (χ1n) is 9.84. The average Bonchev–Trinajstić information content (AvgIpc) is 3.19. The van der Waals surface area contributed by atoms with Gasteiger partial charge in [-0.25, -0.2) is 4.98 Å². The first-order chi connectivity index (χ1) is 14.5. The minimum absolute atomic E-state index is 0.144. The number of pyridine rings is 1. The molecule has 2 heterocycles. The third-order valence-corrected chi connectivity index (χ3v) is 4.90. The lowest BCUT2D eigenvalue weighted by molar-refractivity contribution is -0.0495. The maximum atomic E-state index is 12.7. The molecule has 0 bridgehead atoms. The number of benzene rings is 1. The first kappa shape index (κ1) is 21.6. The third-order valence-electron chi connectivity index (χ3n) is 4.90. The number of hydrogen-bond acceptors (Lipinski definition) is 5. The molecule has 0 spiro atoms. The van der Waals surface area contributed by atoms with Crippen LogP contribution in [0.15, 0.2) is 47.6 Å². The Morgan fingerprint density at radius 3 is 2.87 bits per heavy atom. The number of halogens is 2. The fourth-order valence-corrected chi connectivity index (χ4v) is 3.40. The molecule has 1 unspecified atom stereocenters. The topological polar surface area (TPSA) is 65.0 Å². The minimum Gasteiger partial charge on any atom is -0.433 e. The molecule has 0 aliphatic carbocycles. The van der Waals surface area contributed by atoms with Crippen LogP contribution in [0.1, 0.15) is 12.0 Å². The summed E-state index contributed by atoms with van der Waals surface area (Å²) in [4.78, 5) is 12.6. The van der Waals surface area contributed by atoms with E-state index in [2.05, 4.69) is 30.2 Å². The molecule has 7 nitrogen and oxygen atoms in total. The van der Waals surface area contributed by atoms with Crippen LogP contribution in [0, 0.1) is 0 Å². The van der Waals surface area contributed by atoms with Gasteiger partial charge in [0.1, 0.15) is 11.6 Å². The lowest BCUT2D eigenvalue weighted by Crippen LogP contribution is -2.44. The molecule has 0 amide bonds. The molecule has 1 aliphatic heterocycles. The zero-order valence-corrected chi connectivity index (χ0v) is 17.5. The van der Waals surface area contributed by atoms with Crippen molar-refractivity contribution in [3.05, 3.63) is 48.2 Å². The number of guanidine groups is 1. The highest BCUT2D eigenvalue weighted by Crippen LogP contribution is 2.31. The molecule has 1 saturated heterocycles. The zero-order chi connectivity index (χ0) is 21.5. The van der Waals surface area contributed by atoms with E-state index in [0.717, 1.165) is 24.3 Å². The molecule has 0 saturated carbocycles. The molecule has 1 aliphatic rings. The Balaban J connectivity index is 1.56. The number of nitrogens with one attached hydrogen (secondary N) is 2. The number of rotatable bonds is 7. The number of nitrogens with zero attached hydrogens (tertiary/aromatic N) is 4. The van der Waals surface area contributed by atoms with Gasteiger partial charge in [-0.15, -0.1) is 0 Å². The summed E-state index contributed by atoms with van der Waals surface area (Å²) < 4.78 is 30.1. The maximum absolute atomic E-state index is 12.7. The van der Waals surface area contributed by atoms with Gasteiger partial charge in [-0.05, 0) is 36.2 Å². The van der Waals surface area contributed by atoms with E-state index in [1.54, 1.807) is 31.4 Å². The van der Waals surface area contributed by atoms with Gasteiger partial charge in [0.25, 0.3) is 0 Å². The van der Waals surface area contributed by atoms with Crippen molar-refractivity contribution in [2.75, 3.05) is 44.0 Å². The Morgan fingerprint density at radius 1 is 1.33 bits per heavy atom. The molecule has 30 heavy (non-hydrogen) atoms. The van der Waals surface area contributed by atoms with E-state index in [0.29, 0.717) is 24.7 Å². The normalized spacial score (nSPS) is 16.7. The van der Waals surface area contributed by atoms with E-state index < -0.39 is 6.61 Å². The van der Waals surface area contributed by atoms with Crippen LogP contribution in [0.3, 0.4) is 0 Å². The highest BCUT2D eigenvalue weighted by Gasteiger charge is 2.26. The Labute approximate surface area is 175 Å². The van der Waals surface area contributed by atoms with Crippen LogP contribution < -0.4 is 25.2 Å². The van der Waals surface area contributed by atoms with Crippen molar-refractivity contribution in [3.8, 4) is 5.75 Å². The Hall–Kier alpha value is -3.10. The highest BCUT2D eigenvalue weighted by molar-refractivity contribution is 5.80. The van der Waals surface area contributed by atoms with E-state index >= 15 is 0 Å². The quantitative estimate of drug-likeness (QED) is 0.533. The van der Waals surface area contributed by atoms with Crippen molar-refractivity contribution in [3.63, 3.8) is 0 Å². The second kappa shape index (κ2) is 10.1. The second-order valence-corrected chi connectivity index (χ2v) is 7.26. The van der Waals surface area contributed by atoms with Gasteiger partial charge < -0.3 is 25.2 Å². The highest BCUT2D eigenvalue weighted by atomic mass is 19.3. The molecule has 9 heteroatoms. The lowest BCUT2D eigenvalue weighted by Gasteiger charge is -2.22. The molecule has 1 atom stereocenters. The van der Waals surface area contributed by atoms with Crippen LogP contribution in [0.25, 0.3) is 0 Å². The summed E-state index contributed by atoms with van der Waals surface area (Å²) in [5.74, 6) is 1.79. The van der Waals surface area contributed by atoms with Crippen molar-refractivity contribution < 1.29 is 13.5 Å². The van der Waals surface area contributed by atoms with Crippen molar-refractivity contribution in [2.45, 2.75) is 25.6 Å². The van der Waals surface area contributed by atoms with Crippen LogP contribution in [-0.4, -0.2) is 57.8 Å². The number of aromatic nitrogens is 1. The molecule has 3 rings (SSSR count). The van der Waals surface area contributed by atoms with Crippen LogP contribution in [-0.2, 0) is 6.54 Å². The number of hydrogen-bond donors (Lipinski definition) is 2. The summed E-state index contributed by atoms with van der Waals surface area (Å²) in [6.45, 7) is -0.809. The van der Waals surface area contributed by atoms with Crippen LogP contribution in [0.5, 0.6) is 5.75 Å². The van der Waals surface area contributed by atoms with E-state index in [1.807, 2.05) is 37.2 Å². The average molecular weight is 418 g/mol. The van der Waals surface area contributed by atoms with Gasteiger partial charge in [-0.3, -0.25) is 4.99 Å². The second-order valence-electron chi connectivity index (χ2n) is 7.26. The van der Waals surface area contributed by atoms with Gasteiger partial charge in [0, 0.05) is 53.0 Å². The maximum Gasteiger partial charge on any atom is 0.387 e. The number of alkyl halides is 2. The number of anilines is 2. The monoisotopic (exact) mass is 418 g/mol. The Morgan fingerprint density at radius 2 is 2.13 bits per heavy atom. The van der Waals surface area contributed by atoms with Crippen LogP contribution >= 0.6 is 0 Å². The summed E-state index contributed by atoms with van der Waals surface area (Å²) in [5.41, 5.74) is 1.78. The van der Waals surface area contributed by atoms with Gasteiger partial charge in [0.2, 0.25) is 0 Å². The van der Waals surface area contributed by atoms with Crippen molar-refractivity contribution >= 4 is 17.5 Å². The zero-order valence-electron chi connectivity index (χ0n) is 17.5. The standard InChI is InChI=1S/C21H28F2N6O/c1-24-21(26-13-15-8-10-25-19(12-15)28(2)3)27-16-9-11-29(14-16)17-6-4-5-7-18(17)30-20(22)23/h4-8,10,12,16,20H,9,11,13-14H2,1-3H3,(H2,24,26,27). The predicted molar refractivity (Wildman–Crippen MR) is 116 cm³/mol. The molecular weight excluding hydrogens is 390 g/mol. The fraction of sp³-hybridized carbons (Fsp3) is 0.429. The summed E-state index contributed by atoms with van der Waals surface area (Å²) in [5, 5.41) is 6.74. The molecule has 1 aromatic heterocycles. The van der Waals surface area contributed by atoms with Crippen molar-refractivity contribution in [2.24, 2.45) is 4.99 Å². The molecular formula is C21H28F2N6O. The van der Waals surface area contributed by atoms with Gasteiger partial charge in [-0.1, -0.05) is 12.1 Å². The summed E-state index contributed by atoms with van der Waals surface area (Å²) in [6, 6.07) is 11.0. The lowest BCUT2D eigenvalue weighted by atomic mass is 10.2. The molecule has 1 fully saturated rings. The van der Waals surface area contributed by atoms with E-state index in [1.165, 1.54) is 0 Å². The summed E-state index contributed by atoms with van der Waals surface area (Å²) >= 11 is 0. The predicted octanol–water partition coefficient (Wildman–Crippen LogP) is 2.69. The third kappa shape index (κ3) is 5.71. The summed E-state index contributed by atoms with van der Waals surface area (Å²) in [7, 11) is 5.64. The first-order valence-corrected chi connectivity index (χ1v) is 9.84. The number of ether oxygens (including phenoxy) is 1. The molecule has 162 valence electrons. The van der Waals surface area contributed by atoms with Gasteiger partial charge in [0.05, 0.1) is 5.69 Å². The fourth-order valence-electron chi connectivity index (χ4n) is 3.40. The number of aliphatic imine (C=N–C) groups is 1. The SMILES string of the molecule is CN=C(NCc1ccnc(N(C)C)c1)NC1CCN(c2ccccc2OC(F)F)C1. The minimum atomic E-state index is -2.84. The number of para-hydroxylation sites is 2. The van der Waals surface area contributed by atoms with E-state index in [4.69, 9.17) is 0 Å². The van der Waals surface area contributed by atoms with Gasteiger partial charge in [-0.2, -0.15) is 8.78 Å². The van der Waals surface area contributed by atoms with Crippen molar-refractivity contribution in [1.29, 1.82) is 0 Å². The smallest absolute Gasteiger partial charge is 0.387 e. The molecule has 0 radical (unpaired) electrons. The molecule has 1 aromatic carbocycles. The van der Waals surface area contributed by atoms with E-state index in [-0.39, 0.29) is 11.8 Å². The van der Waals surface area contributed by atoms with Gasteiger partial charge >= 0.3 is 6.61 Å². The molecule has 2 N–H and O–H groups in total. The van der Waals surface area contributed by atoms with E-state index in [9.17, 15) is 8.78 Å². The Kier molecular flexibility index (Phi) is 7.26.